The number of nitrogens with one attached hydrogen (secondary N) is 1. The number of hydrogen-bond acceptors (Lipinski definition) is 3. The predicted molar refractivity (Wildman–Crippen MR) is 80.8 cm³/mol. The normalized spacial score (nSPS) is 18.9. The molecule has 0 saturated carbocycles. The third-order valence-electron chi connectivity index (χ3n) is 3.51. The van der Waals surface area contributed by atoms with Gasteiger partial charge in [0.05, 0.1) is 16.8 Å². The fourth-order valence-electron chi connectivity index (χ4n) is 2.39. The van der Waals surface area contributed by atoms with Crippen LogP contribution in [0.4, 0.5) is 10.6 Å². The molecule has 0 bridgehead atoms. The largest absolute Gasteiger partial charge is 0.381 e. The minimum absolute atomic E-state index is 0.126. The summed E-state index contributed by atoms with van der Waals surface area (Å²) in [5.74, 6) is 1.11. The molecule has 1 N–H and O–H groups in total. The van der Waals surface area contributed by atoms with Crippen LogP contribution in [0, 0.1) is 12.8 Å². The van der Waals surface area contributed by atoms with E-state index in [1.54, 1.807) is 16.6 Å². The molecule has 1 aromatic heterocycles. The monoisotopic (exact) mass is 344 g/mol. The van der Waals surface area contributed by atoms with Crippen LogP contribution in [-0.2, 0) is 11.8 Å². The van der Waals surface area contributed by atoms with E-state index in [1.165, 1.54) is 0 Å². The third kappa shape index (κ3) is 3.52. The van der Waals surface area contributed by atoms with Crippen molar-refractivity contribution in [3.05, 3.63) is 10.2 Å². The van der Waals surface area contributed by atoms with Crippen LogP contribution in [-0.4, -0.2) is 47.5 Å². The van der Waals surface area contributed by atoms with Crippen molar-refractivity contribution in [2.24, 2.45) is 13.0 Å². The molecular formula is C13H21BrN4O2. The van der Waals surface area contributed by atoms with Gasteiger partial charge in [0.15, 0.2) is 0 Å². The summed E-state index contributed by atoms with van der Waals surface area (Å²) in [6.45, 7) is 4.18. The Morgan fingerprint density at radius 1 is 1.65 bits per heavy atom. The van der Waals surface area contributed by atoms with E-state index < -0.39 is 0 Å². The lowest BCUT2D eigenvalue weighted by molar-refractivity contribution is 0.0464. The predicted octanol–water partition coefficient (Wildman–Crippen LogP) is 2.38. The zero-order chi connectivity index (χ0) is 14.7. The molecule has 6 nitrogen and oxygen atoms in total. The van der Waals surface area contributed by atoms with Crippen LogP contribution >= 0.6 is 15.9 Å². The molecule has 1 unspecified atom stereocenters. The van der Waals surface area contributed by atoms with Crippen molar-refractivity contribution >= 4 is 27.8 Å². The number of halogens is 1. The Hall–Kier alpha value is -1.08. The maximum atomic E-state index is 12.2. The molecule has 7 heteroatoms. The number of hydrogen-bond donors (Lipinski definition) is 1. The second-order valence-corrected chi connectivity index (χ2v) is 6.06. The van der Waals surface area contributed by atoms with E-state index in [9.17, 15) is 4.79 Å². The van der Waals surface area contributed by atoms with Crippen molar-refractivity contribution in [3.8, 4) is 0 Å². The highest BCUT2D eigenvalue weighted by atomic mass is 79.9. The average Bonchev–Trinajstić information content (AvgIpc) is 2.66. The Balaban J connectivity index is 1.93. The van der Waals surface area contributed by atoms with Crippen LogP contribution in [0.1, 0.15) is 18.5 Å². The van der Waals surface area contributed by atoms with Crippen molar-refractivity contribution in [2.75, 3.05) is 32.1 Å². The van der Waals surface area contributed by atoms with Crippen molar-refractivity contribution in [3.63, 3.8) is 0 Å². The molecule has 1 aromatic rings. The standard InChI is InChI=1S/C13H21BrN4O2/c1-9-11(14)12(18(3)16-9)15-13(19)17(2)7-10-5-4-6-20-8-10/h10H,4-8H2,1-3H3,(H,15,19). The lowest BCUT2D eigenvalue weighted by Crippen LogP contribution is -2.38. The Morgan fingerprint density at radius 3 is 2.95 bits per heavy atom. The number of carbonyl (C=O) groups excluding carboxylic acids is 1. The summed E-state index contributed by atoms with van der Waals surface area (Å²) in [6, 6.07) is -0.126. The fourth-order valence-corrected chi connectivity index (χ4v) is 2.82. The van der Waals surface area contributed by atoms with Crippen LogP contribution in [0.15, 0.2) is 4.47 Å². The van der Waals surface area contributed by atoms with E-state index in [4.69, 9.17) is 4.74 Å². The first-order chi connectivity index (χ1) is 9.49. The first-order valence-electron chi connectivity index (χ1n) is 6.78. The maximum absolute atomic E-state index is 12.2. The van der Waals surface area contributed by atoms with Gasteiger partial charge in [0.25, 0.3) is 0 Å². The number of urea groups is 1. The van der Waals surface area contributed by atoms with Crippen LogP contribution in [0.2, 0.25) is 0 Å². The molecule has 112 valence electrons. The fraction of sp³-hybridized carbons (Fsp3) is 0.692. The lowest BCUT2D eigenvalue weighted by atomic mass is 10.0. The van der Waals surface area contributed by atoms with Gasteiger partial charge in [-0.25, -0.2) is 4.79 Å². The van der Waals surface area contributed by atoms with E-state index >= 15 is 0 Å². The summed E-state index contributed by atoms with van der Waals surface area (Å²) in [5, 5.41) is 7.14. The van der Waals surface area contributed by atoms with E-state index in [1.807, 2.05) is 14.0 Å². The van der Waals surface area contributed by atoms with E-state index in [0.29, 0.717) is 18.3 Å². The highest BCUT2D eigenvalue weighted by Crippen LogP contribution is 2.25. The van der Waals surface area contributed by atoms with Gasteiger partial charge < -0.3 is 9.64 Å². The number of nitrogens with zero attached hydrogens (tertiary/aromatic N) is 3. The van der Waals surface area contributed by atoms with Crippen LogP contribution in [0.25, 0.3) is 0 Å². The molecule has 1 atom stereocenters. The Morgan fingerprint density at radius 2 is 2.40 bits per heavy atom. The smallest absolute Gasteiger partial charge is 0.322 e. The van der Waals surface area contributed by atoms with Gasteiger partial charge in [-0.3, -0.25) is 10.00 Å². The van der Waals surface area contributed by atoms with Gasteiger partial charge in [0.2, 0.25) is 0 Å². The molecule has 1 fully saturated rings. The highest BCUT2D eigenvalue weighted by Gasteiger charge is 2.20. The second-order valence-electron chi connectivity index (χ2n) is 5.27. The molecule has 2 heterocycles. The van der Waals surface area contributed by atoms with Gasteiger partial charge in [-0.2, -0.15) is 5.10 Å². The number of anilines is 1. The van der Waals surface area contributed by atoms with E-state index in [2.05, 4.69) is 26.3 Å². The number of ether oxygens (including phenoxy) is 1. The van der Waals surface area contributed by atoms with Crippen molar-refractivity contribution in [1.82, 2.24) is 14.7 Å². The maximum Gasteiger partial charge on any atom is 0.322 e. The summed E-state index contributed by atoms with van der Waals surface area (Å²) in [4.78, 5) is 13.9. The number of rotatable bonds is 3. The minimum atomic E-state index is -0.126. The Bertz CT molecular complexity index is 483. The summed E-state index contributed by atoms with van der Waals surface area (Å²) < 4.78 is 7.93. The summed E-state index contributed by atoms with van der Waals surface area (Å²) in [6.07, 6.45) is 2.19. The molecule has 1 saturated heterocycles. The number of aromatic nitrogens is 2. The Labute approximate surface area is 127 Å². The summed E-state index contributed by atoms with van der Waals surface area (Å²) in [5.41, 5.74) is 0.853. The Kier molecular flexibility index (Phi) is 5.04. The quantitative estimate of drug-likeness (QED) is 0.915. The molecule has 0 aliphatic carbocycles. The lowest BCUT2D eigenvalue weighted by Gasteiger charge is -2.27. The first kappa shape index (κ1) is 15.3. The van der Waals surface area contributed by atoms with Gasteiger partial charge >= 0.3 is 6.03 Å². The SMILES string of the molecule is Cc1nn(C)c(NC(=O)N(C)CC2CCCOC2)c1Br. The molecule has 0 aromatic carbocycles. The molecule has 1 aliphatic rings. The van der Waals surface area contributed by atoms with Crippen molar-refractivity contribution < 1.29 is 9.53 Å². The van der Waals surface area contributed by atoms with E-state index in [-0.39, 0.29) is 6.03 Å². The molecule has 0 spiro atoms. The summed E-state index contributed by atoms with van der Waals surface area (Å²) >= 11 is 3.44. The van der Waals surface area contributed by atoms with Crippen molar-refractivity contribution in [2.45, 2.75) is 19.8 Å². The zero-order valence-electron chi connectivity index (χ0n) is 12.1. The molecule has 2 amide bonds. The third-order valence-corrected chi connectivity index (χ3v) is 4.46. The van der Waals surface area contributed by atoms with Crippen LogP contribution in [0.5, 0.6) is 0 Å². The summed E-state index contributed by atoms with van der Waals surface area (Å²) in [7, 11) is 3.61. The second kappa shape index (κ2) is 6.58. The highest BCUT2D eigenvalue weighted by molar-refractivity contribution is 9.10. The van der Waals surface area contributed by atoms with Crippen LogP contribution < -0.4 is 5.32 Å². The van der Waals surface area contributed by atoms with E-state index in [0.717, 1.165) is 36.2 Å². The van der Waals surface area contributed by atoms with Gasteiger partial charge in [-0.1, -0.05) is 0 Å². The average molecular weight is 345 g/mol. The van der Waals surface area contributed by atoms with Gasteiger partial charge in [0, 0.05) is 33.2 Å². The zero-order valence-corrected chi connectivity index (χ0v) is 13.7. The first-order valence-corrected chi connectivity index (χ1v) is 7.57. The number of amides is 2. The van der Waals surface area contributed by atoms with Crippen molar-refractivity contribution in [1.29, 1.82) is 0 Å². The van der Waals surface area contributed by atoms with Crippen LogP contribution in [0.3, 0.4) is 0 Å². The number of aryl methyl sites for hydroxylation is 2. The molecular weight excluding hydrogens is 324 g/mol. The number of carbonyl (C=O) groups is 1. The van der Waals surface area contributed by atoms with Gasteiger partial charge in [-0.15, -0.1) is 0 Å². The van der Waals surface area contributed by atoms with Gasteiger partial charge in [-0.05, 0) is 35.7 Å². The molecule has 2 rings (SSSR count). The topological polar surface area (TPSA) is 59.4 Å². The molecule has 0 radical (unpaired) electrons. The molecule has 20 heavy (non-hydrogen) atoms. The molecule has 1 aliphatic heterocycles. The minimum Gasteiger partial charge on any atom is -0.381 e. The van der Waals surface area contributed by atoms with Gasteiger partial charge in [0.1, 0.15) is 5.82 Å².